The molecular weight excluding hydrogens is 313 g/mol. The molecule has 1 heterocycles. The van der Waals surface area contributed by atoms with Crippen molar-refractivity contribution in [3.63, 3.8) is 0 Å². The van der Waals surface area contributed by atoms with E-state index in [1.807, 2.05) is 13.8 Å². The standard InChI is InChI=1S/C15H19Cl2NO3/c1-9-10(2)21-4-3-18(9)15(20)8-14(19)11-5-12(16)7-13(17)6-11/h5-7,9-10,14,19H,3-4,8H2,1-2H3. The Balaban J connectivity index is 2.04. The number of carbonyl (C=O) groups excluding carboxylic acids is 1. The molecule has 1 aromatic rings. The highest BCUT2D eigenvalue weighted by atomic mass is 35.5. The van der Waals surface area contributed by atoms with E-state index in [9.17, 15) is 9.90 Å². The van der Waals surface area contributed by atoms with Gasteiger partial charge in [0.15, 0.2) is 0 Å². The Hall–Kier alpha value is -0.810. The van der Waals surface area contributed by atoms with Gasteiger partial charge in [-0.1, -0.05) is 23.2 Å². The molecule has 1 fully saturated rings. The summed E-state index contributed by atoms with van der Waals surface area (Å²) >= 11 is 11.8. The molecule has 3 unspecified atom stereocenters. The van der Waals surface area contributed by atoms with Crippen LogP contribution in [0.4, 0.5) is 0 Å². The largest absolute Gasteiger partial charge is 0.388 e. The van der Waals surface area contributed by atoms with Gasteiger partial charge in [-0.2, -0.15) is 0 Å². The van der Waals surface area contributed by atoms with Crippen LogP contribution in [0.15, 0.2) is 18.2 Å². The van der Waals surface area contributed by atoms with Crippen LogP contribution in [0.25, 0.3) is 0 Å². The normalized spacial score (nSPS) is 24.0. The van der Waals surface area contributed by atoms with E-state index >= 15 is 0 Å². The Labute approximate surface area is 134 Å². The zero-order valence-electron chi connectivity index (χ0n) is 12.1. The van der Waals surface area contributed by atoms with E-state index in [1.165, 1.54) is 0 Å². The number of hydrogen-bond donors (Lipinski definition) is 1. The van der Waals surface area contributed by atoms with Crippen molar-refractivity contribution >= 4 is 29.1 Å². The lowest BCUT2D eigenvalue weighted by molar-refractivity contribution is -0.146. The van der Waals surface area contributed by atoms with E-state index in [-0.39, 0.29) is 24.5 Å². The van der Waals surface area contributed by atoms with Crippen molar-refractivity contribution in [1.82, 2.24) is 4.90 Å². The average molecular weight is 332 g/mol. The molecule has 1 amide bonds. The van der Waals surface area contributed by atoms with E-state index in [0.29, 0.717) is 28.8 Å². The zero-order chi connectivity index (χ0) is 15.6. The van der Waals surface area contributed by atoms with Crippen LogP contribution in [0.3, 0.4) is 0 Å². The van der Waals surface area contributed by atoms with Gasteiger partial charge in [0.05, 0.1) is 31.3 Å². The summed E-state index contributed by atoms with van der Waals surface area (Å²) in [5.41, 5.74) is 0.551. The fourth-order valence-electron chi connectivity index (χ4n) is 2.45. The van der Waals surface area contributed by atoms with Crippen LogP contribution < -0.4 is 0 Å². The maximum absolute atomic E-state index is 12.4. The van der Waals surface area contributed by atoms with Crippen molar-refractivity contribution in [2.24, 2.45) is 0 Å². The molecule has 3 atom stereocenters. The molecule has 4 nitrogen and oxygen atoms in total. The first-order chi connectivity index (χ1) is 9.88. The Morgan fingerprint density at radius 3 is 2.62 bits per heavy atom. The highest BCUT2D eigenvalue weighted by Gasteiger charge is 2.30. The highest BCUT2D eigenvalue weighted by Crippen LogP contribution is 2.26. The number of nitrogens with zero attached hydrogens (tertiary/aromatic N) is 1. The summed E-state index contributed by atoms with van der Waals surface area (Å²) in [6.45, 7) is 4.96. The predicted molar refractivity (Wildman–Crippen MR) is 82.6 cm³/mol. The van der Waals surface area contributed by atoms with Gasteiger partial charge in [0.2, 0.25) is 5.91 Å². The lowest BCUT2D eigenvalue weighted by atomic mass is 10.0. The number of amides is 1. The molecule has 21 heavy (non-hydrogen) atoms. The summed E-state index contributed by atoms with van der Waals surface area (Å²) in [5.74, 6) is -0.0961. The van der Waals surface area contributed by atoms with Crippen molar-refractivity contribution in [1.29, 1.82) is 0 Å². The lowest BCUT2D eigenvalue weighted by Gasteiger charge is -2.38. The van der Waals surface area contributed by atoms with Gasteiger partial charge in [-0.25, -0.2) is 0 Å². The van der Waals surface area contributed by atoms with Crippen LogP contribution in [-0.2, 0) is 9.53 Å². The van der Waals surface area contributed by atoms with Crippen molar-refractivity contribution in [2.45, 2.75) is 38.5 Å². The van der Waals surface area contributed by atoms with E-state index in [1.54, 1.807) is 23.1 Å². The summed E-state index contributed by atoms with van der Waals surface area (Å²) in [7, 11) is 0. The number of aliphatic hydroxyl groups excluding tert-OH is 1. The first-order valence-corrected chi connectivity index (χ1v) is 7.69. The molecule has 1 saturated heterocycles. The summed E-state index contributed by atoms with van der Waals surface area (Å²) in [6.07, 6.45) is -0.909. The van der Waals surface area contributed by atoms with Crippen LogP contribution >= 0.6 is 23.2 Å². The second-order valence-corrected chi connectivity index (χ2v) is 6.20. The first-order valence-electron chi connectivity index (χ1n) is 6.93. The molecule has 0 spiro atoms. The highest BCUT2D eigenvalue weighted by molar-refractivity contribution is 6.34. The van der Waals surface area contributed by atoms with Gasteiger partial charge in [-0.15, -0.1) is 0 Å². The van der Waals surface area contributed by atoms with Gasteiger partial charge in [0, 0.05) is 16.6 Å². The Bertz CT molecular complexity index is 503. The van der Waals surface area contributed by atoms with Crippen LogP contribution in [0.5, 0.6) is 0 Å². The SMILES string of the molecule is CC1OCCN(C(=O)CC(O)c2cc(Cl)cc(Cl)c2)C1C. The van der Waals surface area contributed by atoms with Gasteiger partial charge in [0.1, 0.15) is 0 Å². The number of morpholine rings is 1. The maximum Gasteiger partial charge on any atom is 0.225 e. The minimum atomic E-state index is -0.918. The molecule has 0 saturated carbocycles. The van der Waals surface area contributed by atoms with Crippen LogP contribution in [0.2, 0.25) is 10.0 Å². The molecule has 0 radical (unpaired) electrons. The third-order valence-electron chi connectivity index (χ3n) is 3.84. The summed E-state index contributed by atoms with van der Waals surface area (Å²) in [4.78, 5) is 14.1. The van der Waals surface area contributed by atoms with Crippen molar-refractivity contribution in [3.05, 3.63) is 33.8 Å². The summed E-state index contributed by atoms with van der Waals surface area (Å²) in [6, 6.07) is 4.84. The molecule has 1 aliphatic rings. The third kappa shape index (κ3) is 4.10. The minimum Gasteiger partial charge on any atom is -0.388 e. The number of carbonyl (C=O) groups is 1. The topological polar surface area (TPSA) is 49.8 Å². The van der Waals surface area contributed by atoms with Crippen molar-refractivity contribution in [3.8, 4) is 0 Å². The van der Waals surface area contributed by atoms with Crippen LogP contribution in [0.1, 0.15) is 31.9 Å². The number of rotatable bonds is 3. The third-order valence-corrected chi connectivity index (χ3v) is 4.28. The second-order valence-electron chi connectivity index (χ2n) is 5.33. The van der Waals surface area contributed by atoms with Crippen molar-refractivity contribution in [2.75, 3.05) is 13.2 Å². The summed E-state index contributed by atoms with van der Waals surface area (Å²) in [5, 5.41) is 11.1. The quantitative estimate of drug-likeness (QED) is 0.926. The second kappa shape index (κ2) is 6.97. The maximum atomic E-state index is 12.4. The number of hydrogen-bond acceptors (Lipinski definition) is 3. The average Bonchev–Trinajstić information content (AvgIpc) is 2.40. The molecule has 116 valence electrons. The van der Waals surface area contributed by atoms with E-state index in [2.05, 4.69) is 0 Å². The molecule has 6 heteroatoms. The molecule has 1 N–H and O–H groups in total. The van der Waals surface area contributed by atoms with E-state index in [0.717, 1.165) is 0 Å². The fourth-order valence-corrected chi connectivity index (χ4v) is 3.00. The molecule has 0 aliphatic carbocycles. The summed E-state index contributed by atoms with van der Waals surface area (Å²) < 4.78 is 5.50. The minimum absolute atomic E-state index is 0.000423. The zero-order valence-corrected chi connectivity index (χ0v) is 13.6. The number of aliphatic hydroxyl groups is 1. The number of benzene rings is 1. The molecule has 0 bridgehead atoms. The molecule has 0 aromatic heterocycles. The van der Waals surface area contributed by atoms with E-state index in [4.69, 9.17) is 27.9 Å². The Morgan fingerprint density at radius 1 is 1.38 bits per heavy atom. The van der Waals surface area contributed by atoms with E-state index < -0.39 is 6.10 Å². The van der Waals surface area contributed by atoms with Gasteiger partial charge in [-0.05, 0) is 37.6 Å². The molecule has 2 rings (SSSR count). The Morgan fingerprint density at radius 2 is 2.00 bits per heavy atom. The van der Waals surface area contributed by atoms with Gasteiger partial charge >= 0.3 is 0 Å². The van der Waals surface area contributed by atoms with Crippen LogP contribution in [-0.4, -0.2) is 41.2 Å². The molecule has 1 aliphatic heterocycles. The molecular formula is C15H19Cl2NO3. The van der Waals surface area contributed by atoms with Gasteiger partial charge in [0.25, 0.3) is 0 Å². The monoisotopic (exact) mass is 331 g/mol. The molecule has 1 aromatic carbocycles. The predicted octanol–water partition coefficient (Wildman–Crippen LogP) is 3.05. The fraction of sp³-hybridized carbons (Fsp3) is 0.533. The smallest absolute Gasteiger partial charge is 0.225 e. The number of halogens is 2. The lowest BCUT2D eigenvalue weighted by Crippen LogP contribution is -2.51. The van der Waals surface area contributed by atoms with Crippen LogP contribution in [0, 0.1) is 0 Å². The first kappa shape index (κ1) is 16.6. The number of ether oxygens (including phenoxy) is 1. The van der Waals surface area contributed by atoms with Gasteiger partial charge in [-0.3, -0.25) is 4.79 Å². The van der Waals surface area contributed by atoms with Gasteiger partial charge < -0.3 is 14.7 Å². The Kier molecular flexibility index (Phi) is 5.49. The van der Waals surface area contributed by atoms with Crippen molar-refractivity contribution < 1.29 is 14.6 Å².